The lowest BCUT2D eigenvalue weighted by Crippen LogP contribution is -2.15. The van der Waals surface area contributed by atoms with Crippen molar-refractivity contribution in [2.45, 2.75) is 46.3 Å². The topological polar surface area (TPSA) is 290 Å². The Bertz CT molecular complexity index is 4900. The molecular weight excluding hydrogens is 1290 g/mol. The Labute approximate surface area is 560 Å². The fourth-order valence-corrected chi connectivity index (χ4v) is 9.13. The second kappa shape index (κ2) is 34.0. The molecule has 11 rings (SSSR count). The molecule has 0 spiro atoms. The van der Waals surface area contributed by atoms with Crippen LogP contribution in [0, 0.1) is 17.5 Å². The third-order valence-electron chi connectivity index (χ3n) is 13.8. The Hall–Kier alpha value is -12.9. The van der Waals surface area contributed by atoms with Crippen LogP contribution in [0.5, 0.6) is 17.2 Å². The van der Waals surface area contributed by atoms with Crippen molar-refractivity contribution in [3.05, 3.63) is 345 Å². The van der Waals surface area contributed by atoms with Crippen molar-refractivity contribution in [2.75, 3.05) is 13.2 Å². The Morgan fingerprint density at radius 1 is 0.404 bits per heavy atom. The van der Waals surface area contributed by atoms with Crippen molar-refractivity contribution >= 4 is 47.7 Å². The van der Waals surface area contributed by atoms with Gasteiger partial charge in [0.25, 0.3) is 17.3 Å². The van der Waals surface area contributed by atoms with Crippen molar-refractivity contribution in [3.63, 3.8) is 0 Å². The number of carbonyl (C=O) groups is 6. The molecule has 11 aromatic rings. The smallest absolute Gasteiger partial charge is 0.330 e. The van der Waals surface area contributed by atoms with Crippen molar-refractivity contribution in [3.8, 4) is 17.2 Å². The standard InChI is InChI=1S/C29H23FO7.C25H17FO6.C22H17FO7/c1-2-34-26(32)15-13-23-17-24(31)28(35-18-20-6-4-3-5-7-20)29(37-23)27(33)25-14-12-22(36-25)16-19-8-10-21(30)11-9-19;26-18-8-6-16(7-9-18)12-19-10-11-22(31-19)23(29)25-24(21(28)13-20(14-27)32-25)30-15-17-4-2-1-3-5-17;1-2-28-19(25)10-8-16-12-17(24)20(26)22(30-16)21(27)18-9-7-15(29-18)11-13-3-5-14(23)6-4-13/h3-15,17H,2,16,18H2,1H3;1-11,13-14H,12,15H2;3-10,12,26H,2,11H2,1H3/b15-13+;;10-8+. The molecule has 0 bridgehead atoms. The largest absolute Gasteiger partial charge is 0.501 e. The third-order valence-corrected chi connectivity index (χ3v) is 13.8. The number of ether oxygens (including phenoxy) is 4. The molecule has 5 aromatic carbocycles. The Kier molecular flexibility index (Phi) is 24.1. The van der Waals surface area contributed by atoms with Gasteiger partial charge in [-0.05, 0) is 127 Å². The summed E-state index contributed by atoms with van der Waals surface area (Å²) in [6.07, 6.45) is 5.82. The summed E-state index contributed by atoms with van der Waals surface area (Å²) in [6, 6.07) is 47.9. The molecule has 502 valence electrons. The molecule has 0 unspecified atom stereocenters. The lowest BCUT2D eigenvalue weighted by molar-refractivity contribution is -0.138. The molecule has 0 saturated heterocycles. The van der Waals surface area contributed by atoms with Crippen molar-refractivity contribution < 1.29 is 92.5 Å². The molecular formula is C76H57F3O20. The highest BCUT2D eigenvalue weighted by molar-refractivity contribution is 6.08. The number of esters is 2. The van der Waals surface area contributed by atoms with E-state index in [4.69, 9.17) is 45.5 Å². The number of ketones is 3. The minimum Gasteiger partial charge on any atom is -0.501 e. The van der Waals surface area contributed by atoms with Crippen LogP contribution in [-0.4, -0.2) is 53.9 Å². The van der Waals surface area contributed by atoms with Crippen molar-refractivity contribution in [1.82, 2.24) is 0 Å². The van der Waals surface area contributed by atoms with Crippen LogP contribution in [0.15, 0.2) is 241 Å². The first-order valence-corrected chi connectivity index (χ1v) is 30.2. The van der Waals surface area contributed by atoms with Gasteiger partial charge >= 0.3 is 11.9 Å². The normalized spacial score (nSPS) is 10.9. The maximum absolute atomic E-state index is 13.4. The first kappa shape index (κ1) is 70.4. The van der Waals surface area contributed by atoms with E-state index >= 15 is 0 Å². The predicted octanol–water partition coefficient (Wildman–Crippen LogP) is 13.4. The van der Waals surface area contributed by atoms with Crippen LogP contribution in [0.1, 0.15) is 130 Å². The Morgan fingerprint density at radius 2 is 0.737 bits per heavy atom. The van der Waals surface area contributed by atoms with E-state index in [0.29, 0.717) is 42.8 Å². The molecule has 0 amide bonds. The maximum atomic E-state index is 13.4. The van der Waals surface area contributed by atoms with E-state index in [0.717, 1.165) is 64.2 Å². The van der Waals surface area contributed by atoms with E-state index < -0.39 is 62.8 Å². The maximum Gasteiger partial charge on any atom is 0.330 e. The van der Waals surface area contributed by atoms with Crippen LogP contribution in [0.3, 0.4) is 0 Å². The van der Waals surface area contributed by atoms with Gasteiger partial charge in [0.2, 0.25) is 50.8 Å². The second-order valence-electron chi connectivity index (χ2n) is 21.1. The van der Waals surface area contributed by atoms with E-state index in [-0.39, 0.29) is 95.7 Å². The fourth-order valence-electron chi connectivity index (χ4n) is 9.13. The monoisotopic (exact) mass is 1350 g/mol. The van der Waals surface area contributed by atoms with Gasteiger partial charge in [-0.1, -0.05) is 97.1 Å². The zero-order valence-electron chi connectivity index (χ0n) is 52.6. The summed E-state index contributed by atoms with van der Waals surface area (Å²) in [7, 11) is 0. The molecule has 0 saturated carbocycles. The SMILES string of the molecule is CCOC(=O)/C=C/c1cc(=O)c(O)c(C(=O)c2ccc(Cc3ccc(F)cc3)o2)o1.CCOC(=O)/C=C/c1cc(=O)c(OCc2ccccc2)c(C(=O)c2ccc(Cc3ccc(F)cc3)o2)o1.O=Cc1cc(=O)c(OCc2ccccc2)c(C(=O)c2ccc(Cc3ccc(F)cc3)o2)o1. The third kappa shape index (κ3) is 19.8. The molecule has 6 aromatic heterocycles. The first-order valence-electron chi connectivity index (χ1n) is 30.2. The van der Waals surface area contributed by atoms with E-state index in [9.17, 15) is 61.4 Å². The number of aromatic hydroxyl groups is 1. The number of furan rings is 3. The van der Waals surface area contributed by atoms with Crippen LogP contribution < -0.4 is 25.8 Å². The van der Waals surface area contributed by atoms with Crippen LogP contribution in [0.4, 0.5) is 13.2 Å². The zero-order valence-corrected chi connectivity index (χ0v) is 52.6. The number of rotatable bonds is 25. The zero-order chi connectivity index (χ0) is 70.4. The van der Waals surface area contributed by atoms with Gasteiger partial charge in [-0.25, -0.2) is 22.8 Å². The van der Waals surface area contributed by atoms with Crippen molar-refractivity contribution in [1.29, 1.82) is 0 Å². The average molecular weight is 1350 g/mol. The summed E-state index contributed by atoms with van der Waals surface area (Å²) in [4.78, 5) is 111. The second-order valence-corrected chi connectivity index (χ2v) is 21.1. The fraction of sp³-hybridized carbons (Fsp3) is 0.118. The molecule has 6 heterocycles. The molecule has 0 fully saturated rings. The first-order chi connectivity index (χ1) is 47.8. The number of hydrogen-bond acceptors (Lipinski definition) is 20. The quantitative estimate of drug-likeness (QED) is 0.0241. The molecule has 0 aliphatic rings. The van der Waals surface area contributed by atoms with E-state index in [2.05, 4.69) is 0 Å². The molecule has 1 N–H and O–H groups in total. The van der Waals surface area contributed by atoms with Gasteiger partial charge in [0, 0.05) is 49.6 Å². The van der Waals surface area contributed by atoms with Gasteiger partial charge < -0.3 is 50.6 Å². The number of halogens is 3. The summed E-state index contributed by atoms with van der Waals surface area (Å²) >= 11 is 0. The molecule has 20 nitrogen and oxygen atoms in total. The van der Waals surface area contributed by atoms with E-state index in [1.807, 2.05) is 48.5 Å². The van der Waals surface area contributed by atoms with Crippen LogP contribution in [-0.2, 0) is 51.5 Å². The van der Waals surface area contributed by atoms with Gasteiger partial charge in [0.1, 0.15) is 59.5 Å². The van der Waals surface area contributed by atoms with Gasteiger partial charge in [-0.2, -0.15) is 0 Å². The molecule has 0 aliphatic carbocycles. The molecule has 99 heavy (non-hydrogen) atoms. The number of aldehydes is 1. The van der Waals surface area contributed by atoms with Gasteiger partial charge in [-0.3, -0.25) is 33.6 Å². The lowest BCUT2D eigenvalue weighted by atomic mass is 10.1. The van der Waals surface area contributed by atoms with E-state index in [1.165, 1.54) is 60.7 Å². The van der Waals surface area contributed by atoms with Gasteiger partial charge in [-0.15, -0.1) is 0 Å². The summed E-state index contributed by atoms with van der Waals surface area (Å²) in [5.74, 6) is -6.93. The van der Waals surface area contributed by atoms with Gasteiger partial charge in [0.15, 0.2) is 29.3 Å². The molecule has 0 atom stereocenters. The van der Waals surface area contributed by atoms with Crippen LogP contribution >= 0.6 is 0 Å². The van der Waals surface area contributed by atoms with Crippen LogP contribution in [0.2, 0.25) is 0 Å². The number of hydrogen-bond donors (Lipinski definition) is 1. The summed E-state index contributed by atoms with van der Waals surface area (Å²) in [5, 5.41) is 9.96. The summed E-state index contributed by atoms with van der Waals surface area (Å²) < 4.78 is 93.3. The Balaban J connectivity index is 0.000000175. The number of carbonyl (C=O) groups excluding carboxylic acids is 6. The van der Waals surface area contributed by atoms with E-state index in [1.54, 1.807) is 80.6 Å². The van der Waals surface area contributed by atoms with Gasteiger partial charge in [0.05, 0.1) is 13.2 Å². The predicted molar refractivity (Wildman–Crippen MR) is 349 cm³/mol. The van der Waals surface area contributed by atoms with Crippen molar-refractivity contribution in [2.24, 2.45) is 0 Å². The van der Waals surface area contributed by atoms with Crippen LogP contribution in [0.25, 0.3) is 12.2 Å². The molecule has 0 radical (unpaired) electrons. The summed E-state index contributed by atoms with van der Waals surface area (Å²) in [5.41, 5.74) is 1.80. The highest BCUT2D eigenvalue weighted by Gasteiger charge is 2.28. The lowest BCUT2D eigenvalue weighted by Gasteiger charge is -2.10. The minimum absolute atomic E-state index is 0.0257. The molecule has 0 aliphatic heterocycles. The highest BCUT2D eigenvalue weighted by atomic mass is 19.1. The highest BCUT2D eigenvalue weighted by Crippen LogP contribution is 2.27. The summed E-state index contributed by atoms with van der Waals surface area (Å²) in [6.45, 7) is 3.71. The number of benzene rings is 5. The Morgan fingerprint density at radius 3 is 1.10 bits per heavy atom. The average Bonchev–Trinajstić information content (AvgIpc) is 1.54. The molecule has 23 heteroatoms. The minimum atomic E-state index is -0.871.